The fourth-order valence-corrected chi connectivity index (χ4v) is 3.05. The van der Waals surface area contributed by atoms with Crippen molar-refractivity contribution in [2.45, 2.75) is 4.90 Å². The molecule has 1 aromatic carbocycles. The highest BCUT2D eigenvalue weighted by atomic mass is 35.5. The average molecular weight is 324 g/mol. The molecule has 0 saturated carbocycles. The van der Waals surface area contributed by atoms with Gasteiger partial charge in [-0.25, -0.2) is 13.4 Å². The van der Waals surface area contributed by atoms with Crippen molar-refractivity contribution in [3.05, 3.63) is 47.7 Å². The molecule has 0 aliphatic heterocycles. The van der Waals surface area contributed by atoms with Crippen LogP contribution >= 0.6 is 11.6 Å². The van der Waals surface area contributed by atoms with Crippen LogP contribution in [0.1, 0.15) is 0 Å². The second kappa shape index (κ2) is 6.43. The molecule has 1 heterocycles. The molecular weight excluding hydrogens is 314 g/mol. The molecule has 0 aliphatic carbocycles. The van der Waals surface area contributed by atoms with Crippen molar-refractivity contribution >= 4 is 27.3 Å². The highest BCUT2D eigenvalue weighted by molar-refractivity contribution is 7.92. The van der Waals surface area contributed by atoms with E-state index in [0.717, 1.165) is 0 Å². The summed E-state index contributed by atoms with van der Waals surface area (Å²) in [6.45, 7) is -0.120. The molecule has 21 heavy (non-hydrogen) atoms. The molecule has 6 nitrogen and oxygen atoms in total. The molecule has 0 fully saturated rings. The molecule has 0 radical (unpaired) electrons. The Morgan fingerprint density at radius 3 is 2.86 bits per heavy atom. The predicted molar refractivity (Wildman–Crippen MR) is 77.6 cm³/mol. The third kappa shape index (κ3) is 3.84. The van der Waals surface area contributed by atoms with E-state index in [4.69, 9.17) is 21.6 Å². The lowest BCUT2D eigenvalue weighted by Crippen LogP contribution is -2.13. The number of nitriles is 1. The third-order valence-electron chi connectivity index (χ3n) is 2.40. The second-order valence-electron chi connectivity index (χ2n) is 3.87. The van der Waals surface area contributed by atoms with Crippen LogP contribution in [0.5, 0.6) is 5.75 Å². The fraction of sp³-hybridized carbons (Fsp3) is 0.0769. The van der Waals surface area contributed by atoms with E-state index in [-0.39, 0.29) is 16.7 Å². The number of hydrogen-bond donors (Lipinski definition) is 1. The number of anilines is 1. The van der Waals surface area contributed by atoms with E-state index in [1.54, 1.807) is 18.2 Å². The maximum Gasteiger partial charge on any atom is 0.264 e. The van der Waals surface area contributed by atoms with Crippen molar-refractivity contribution in [1.82, 2.24) is 4.98 Å². The Hall–Kier alpha value is -2.30. The maximum absolute atomic E-state index is 12.2. The zero-order valence-corrected chi connectivity index (χ0v) is 12.2. The van der Waals surface area contributed by atoms with Gasteiger partial charge in [0.2, 0.25) is 0 Å². The highest BCUT2D eigenvalue weighted by Gasteiger charge is 2.18. The number of halogens is 1. The summed E-state index contributed by atoms with van der Waals surface area (Å²) < 4.78 is 31.9. The van der Waals surface area contributed by atoms with Crippen LogP contribution in [0.2, 0.25) is 5.15 Å². The number of nitrogens with one attached hydrogen (secondary N) is 1. The Morgan fingerprint density at radius 2 is 2.14 bits per heavy atom. The van der Waals surface area contributed by atoms with Crippen molar-refractivity contribution in [1.29, 1.82) is 5.26 Å². The second-order valence-corrected chi connectivity index (χ2v) is 5.88. The van der Waals surface area contributed by atoms with Gasteiger partial charge in [0.15, 0.2) is 6.61 Å². The van der Waals surface area contributed by atoms with Gasteiger partial charge in [-0.2, -0.15) is 5.26 Å². The van der Waals surface area contributed by atoms with E-state index < -0.39 is 10.0 Å². The van der Waals surface area contributed by atoms with E-state index in [0.29, 0.717) is 11.4 Å². The molecule has 0 atom stereocenters. The first kappa shape index (κ1) is 15.1. The molecule has 0 unspecified atom stereocenters. The van der Waals surface area contributed by atoms with Crippen LogP contribution in [0.15, 0.2) is 47.5 Å². The number of nitrogens with zero attached hydrogens (tertiary/aromatic N) is 2. The summed E-state index contributed by atoms with van der Waals surface area (Å²) in [6, 6.07) is 10.9. The number of hydrogen-bond acceptors (Lipinski definition) is 5. The van der Waals surface area contributed by atoms with Gasteiger partial charge in [0.05, 0.1) is 5.69 Å². The summed E-state index contributed by atoms with van der Waals surface area (Å²) >= 11 is 5.78. The van der Waals surface area contributed by atoms with Crippen molar-refractivity contribution in [3.63, 3.8) is 0 Å². The smallest absolute Gasteiger partial charge is 0.264 e. The summed E-state index contributed by atoms with van der Waals surface area (Å²) in [5.41, 5.74) is 0.297. The van der Waals surface area contributed by atoms with Crippen molar-refractivity contribution in [2.24, 2.45) is 0 Å². The molecule has 0 saturated heterocycles. The van der Waals surface area contributed by atoms with Gasteiger partial charge >= 0.3 is 0 Å². The fourth-order valence-electron chi connectivity index (χ4n) is 1.55. The van der Waals surface area contributed by atoms with Crippen LogP contribution in [0.3, 0.4) is 0 Å². The van der Waals surface area contributed by atoms with Gasteiger partial charge in [-0.3, -0.25) is 4.72 Å². The molecule has 2 rings (SSSR count). The minimum Gasteiger partial charge on any atom is -0.479 e. The predicted octanol–water partition coefficient (Wildman–Crippen LogP) is 2.44. The molecule has 2 aromatic rings. The zero-order valence-electron chi connectivity index (χ0n) is 10.7. The van der Waals surface area contributed by atoms with E-state index in [9.17, 15) is 8.42 Å². The summed E-state index contributed by atoms with van der Waals surface area (Å²) in [6.07, 6.45) is 1.40. The Balaban J connectivity index is 2.25. The van der Waals surface area contributed by atoms with Crippen molar-refractivity contribution < 1.29 is 13.2 Å². The molecule has 0 aliphatic rings. The average Bonchev–Trinajstić information content (AvgIpc) is 2.45. The number of sulfonamides is 1. The number of ether oxygens (including phenoxy) is 1. The molecule has 0 bridgehead atoms. The number of pyridine rings is 1. The SMILES string of the molecule is N#CCOc1cccc(NS(=O)(=O)c2cccnc2Cl)c1. The third-order valence-corrected chi connectivity index (χ3v) is 4.23. The lowest BCUT2D eigenvalue weighted by molar-refractivity contribution is 0.368. The first-order valence-electron chi connectivity index (χ1n) is 5.76. The van der Waals surface area contributed by atoms with Crippen molar-refractivity contribution in [3.8, 4) is 11.8 Å². The molecule has 108 valence electrons. The summed E-state index contributed by atoms with van der Waals surface area (Å²) in [7, 11) is -3.85. The van der Waals surface area contributed by atoms with Gasteiger partial charge in [-0.15, -0.1) is 0 Å². The molecular formula is C13H10ClN3O3S. The van der Waals surface area contributed by atoms with Gasteiger partial charge in [0.25, 0.3) is 10.0 Å². The standard InChI is InChI=1S/C13H10ClN3O3S/c14-13-12(5-2-7-16-13)21(18,19)17-10-3-1-4-11(9-10)20-8-6-15/h1-5,7,9,17H,8H2. The molecule has 0 amide bonds. The highest BCUT2D eigenvalue weighted by Crippen LogP contribution is 2.23. The molecule has 8 heteroatoms. The zero-order chi connectivity index (χ0) is 15.3. The minimum atomic E-state index is -3.85. The number of rotatable bonds is 5. The Labute approximate surface area is 127 Å². The topological polar surface area (TPSA) is 92.1 Å². The summed E-state index contributed by atoms with van der Waals surface area (Å²) in [5, 5.41) is 8.35. The summed E-state index contributed by atoms with van der Waals surface area (Å²) in [5.74, 6) is 0.383. The monoisotopic (exact) mass is 323 g/mol. The van der Waals surface area contributed by atoms with Gasteiger partial charge < -0.3 is 4.74 Å². The van der Waals surface area contributed by atoms with Gasteiger partial charge in [0.1, 0.15) is 21.9 Å². The molecule has 0 spiro atoms. The lowest BCUT2D eigenvalue weighted by atomic mass is 10.3. The maximum atomic E-state index is 12.2. The van der Waals surface area contributed by atoms with Crippen molar-refractivity contribution in [2.75, 3.05) is 11.3 Å². The number of aromatic nitrogens is 1. The first-order valence-corrected chi connectivity index (χ1v) is 7.62. The van der Waals surface area contributed by atoms with Crippen LogP contribution in [-0.2, 0) is 10.0 Å². The number of benzene rings is 1. The normalized spacial score (nSPS) is 10.7. The van der Waals surface area contributed by atoms with E-state index in [1.165, 1.54) is 24.4 Å². The quantitative estimate of drug-likeness (QED) is 0.853. The summed E-state index contributed by atoms with van der Waals surface area (Å²) in [4.78, 5) is 3.61. The van der Waals surface area contributed by atoms with E-state index in [2.05, 4.69) is 9.71 Å². The lowest BCUT2D eigenvalue weighted by Gasteiger charge is -2.10. The Kier molecular flexibility index (Phi) is 4.62. The van der Waals surface area contributed by atoms with E-state index >= 15 is 0 Å². The van der Waals surface area contributed by atoms with Crippen LogP contribution in [0.25, 0.3) is 0 Å². The Bertz CT molecular complexity index is 787. The van der Waals surface area contributed by atoms with Gasteiger partial charge in [-0.05, 0) is 24.3 Å². The Morgan fingerprint density at radius 1 is 1.33 bits per heavy atom. The minimum absolute atomic E-state index is 0.109. The molecule has 1 N–H and O–H groups in total. The van der Waals surface area contributed by atoms with Crippen LogP contribution in [-0.4, -0.2) is 20.0 Å². The largest absolute Gasteiger partial charge is 0.479 e. The van der Waals surface area contributed by atoms with Crippen LogP contribution in [0, 0.1) is 11.3 Å². The first-order chi connectivity index (χ1) is 10.0. The molecule has 1 aromatic heterocycles. The van der Waals surface area contributed by atoms with Crippen LogP contribution < -0.4 is 9.46 Å². The van der Waals surface area contributed by atoms with Crippen LogP contribution in [0.4, 0.5) is 5.69 Å². The van der Waals surface area contributed by atoms with Gasteiger partial charge in [0, 0.05) is 12.3 Å². The van der Waals surface area contributed by atoms with Gasteiger partial charge in [-0.1, -0.05) is 17.7 Å². The van der Waals surface area contributed by atoms with E-state index in [1.807, 2.05) is 6.07 Å².